The summed E-state index contributed by atoms with van der Waals surface area (Å²) in [4.78, 5) is 18.1. The molecular weight excluding hydrogens is 336 g/mol. The molecule has 7 heteroatoms. The fourth-order valence-electron chi connectivity index (χ4n) is 2.84. The van der Waals surface area contributed by atoms with Crippen molar-refractivity contribution in [2.24, 2.45) is 0 Å². The Bertz CT molecular complexity index is 783. The minimum atomic E-state index is -0.344. The van der Waals surface area contributed by atoms with Crippen molar-refractivity contribution in [2.75, 3.05) is 18.2 Å². The lowest BCUT2D eigenvalue weighted by Crippen LogP contribution is -2.29. The van der Waals surface area contributed by atoms with Crippen LogP contribution in [0, 0.1) is 0 Å². The lowest BCUT2D eigenvalue weighted by atomic mass is 9.96. The number of thioether (sulfide) groups is 1. The molecule has 25 heavy (non-hydrogen) atoms. The Morgan fingerprint density at radius 3 is 2.80 bits per heavy atom. The van der Waals surface area contributed by atoms with E-state index in [1.54, 1.807) is 16.4 Å². The molecule has 0 amide bonds. The molecule has 2 heterocycles. The highest BCUT2D eigenvalue weighted by atomic mass is 32.2. The summed E-state index contributed by atoms with van der Waals surface area (Å²) >= 11 is 1.68. The molecule has 0 saturated heterocycles. The number of aromatic nitrogens is 3. The van der Waals surface area contributed by atoms with Crippen LogP contribution in [0.4, 0.5) is 5.95 Å². The van der Waals surface area contributed by atoms with Crippen molar-refractivity contribution in [3.05, 3.63) is 47.4 Å². The molecule has 6 nitrogen and oxygen atoms in total. The van der Waals surface area contributed by atoms with Gasteiger partial charge in [0.05, 0.1) is 12.2 Å². The summed E-state index contributed by atoms with van der Waals surface area (Å²) in [6, 6.07) is 7.81. The number of rotatable bonds is 6. The summed E-state index contributed by atoms with van der Waals surface area (Å²) in [6.45, 7) is 4.37. The van der Waals surface area contributed by atoms with E-state index in [2.05, 4.69) is 22.3 Å². The van der Waals surface area contributed by atoms with E-state index in [0.717, 1.165) is 24.1 Å². The van der Waals surface area contributed by atoms with Gasteiger partial charge in [-0.15, -0.1) is 11.8 Å². The quantitative estimate of drug-likeness (QED) is 0.483. The topological polar surface area (TPSA) is 69.0 Å². The van der Waals surface area contributed by atoms with Gasteiger partial charge in [-0.05, 0) is 37.3 Å². The van der Waals surface area contributed by atoms with Crippen molar-refractivity contribution >= 4 is 23.7 Å². The Kier molecular flexibility index (Phi) is 5.43. The maximum atomic E-state index is 12.7. The molecular formula is C18H22N4O2S. The third kappa shape index (κ3) is 3.56. The zero-order valence-corrected chi connectivity index (χ0v) is 15.5. The van der Waals surface area contributed by atoms with Crippen molar-refractivity contribution < 1.29 is 9.53 Å². The molecule has 1 unspecified atom stereocenters. The van der Waals surface area contributed by atoms with Gasteiger partial charge in [-0.2, -0.15) is 10.1 Å². The predicted molar refractivity (Wildman–Crippen MR) is 98.6 cm³/mol. The molecule has 1 atom stereocenters. The summed E-state index contributed by atoms with van der Waals surface area (Å²) in [6.07, 6.45) is 5.36. The SMILES string of the molecule is CCCCOC(=O)C1=C(C)Nc2ncnn2C1c1ccc(SC)cc1. The molecule has 1 aromatic carbocycles. The van der Waals surface area contributed by atoms with Gasteiger partial charge in [-0.25, -0.2) is 9.48 Å². The molecule has 1 aliphatic rings. The molecule has 132 valence electrons. The summed E-state index contributed by atoms with van der Waals surface area (Å²) < 4.78 is 7.21. The first-order valence-corrected chi connectivity index (χ1v) is 9.56. The van der Waals surface area contributed by atoms with Crippen molar-refractivity contribution in [1.82, 2.24) is 14.8 Å². The Balaban J connectivity index is 1.99. The van der Waals surface area contributed by atoms with E-state index in [4.69, 9.17) is 4.74 Å². The maximum absolute atomic E-state index is 12.7. The second-order valence-electron chi connectivity index (χ2n) is 5.86. The lowest BCUT2D eigenvalue weighted by molar-refractivity contribution is -0.139. The summed E-state index contributed by atoms with van der Waals surface area (Å²) in [7, 11) is 0. The maximum Gasteiger partial charge on any atom is 0.338 e. The van der Waals surface area contributed by atoms with Gasteiger partial charge in [0.1, 0.15) is 12.4 Å². The van der Waals surface area contributed by atoms with E-state index in [0.29, 0.717) is 18.1 Å². The number of benzene rings is 1. The molecule has 1 N–H and O–H groups in total. The van der Waals surface area contributed by atoms with Crippen molar-refractivity contribution in [3.63, 3.8) is 0 Å². The molecule has 0 bridgehead atoms. The number of hydrogen-bond acceptors (Lipinski definition) is 6. The van der Waals surface area contributed by atoms with Gasteiger partial charge < -0.3 is 10.1 Å². The first-order valence-electron chi connectivity index (χ1n) is 8.34. The van der Waals surface area contributed by atoms with E-state index in [1.807, 2.05) is 37.4 Å². The van der Waals surface area contributed by atoms with Crippen molar-refractivity contribution in [3.8, 4) is 0 Å². The summed E-state index contributed by atoms with van der Waals surface area (Å²) in [5.74, 6) is 0.320. The van der Waals surface area contributed by atoms with Gasteiger partial charge in [0, 0.05) is 10.6 Å². The number of carbonyl (C=O) groups is 1. The second-order valence-corrected chi connectivity index (χ2v) is 6.74. The monoisotopic (exact) mass is 358 g/mol. The molecule has 0 aliphatic carbocycles. The van der Waals surface area contributed by atoms with Crippen LogP contribution < -0.4 is 5.32 Å². The number of esters is 1. The highest BCUT2D eigenvalue weighted by molar-refractivity contribution is 7.98. The number of ether oxygens (including phenoxy) is 1. The molecule has 0 fully saturated rings. The third-order valence-corrected chi connectivity index (χ3v) is 4.92. The number of anilines is 1. The number of nitrogens with one attached hydrogen (secondary N) is 1. The fraction of sp³-hybridized carbons (Fsp3) is 0.389. The van der Waals surface area contributed by atoms with Crippen LogP contribution in [-0.2, 0) is 9.53 Å². The van der Waals surface area contributed by atoms with Crippen LogP contribution in [0.3, 0.4) is 0 Å². The Morgan fingerprint density at radius 2 is 2.12 bits per heavy atom. The molecule has 3 rings (SSSR count). The number of hydrogen-bond donors (Lipinski definition) is 1. The third-order valence-electron chi connectivity index (χ3n) is 4.18. The molecule has 0 spiro atoms. The lowest BCUT2D eigenvalue weighted by Gasteiger charge is -2.28. The Morgan fingerprint density at radius 1 is 1.36 bits per heavy atom. The Hall–Kier alpha value is -2.28. The van der Waals surface area contributed by atoms with Crippen molar-refractivity contribution in [2.45, 2.75) is 37.6 Å². The Labute approximate surface area is 151 Å². The van der Waals surface area contributed by atoms with Gasteiger partial charge in [0.25, 0.3) is 0 Å². The van der Waals surface area contributed by atoms with Gasteiger partial charge in [0.2, 0.25) is 5.95 Å². The van der Waals surface area contributed by atoms with Gasteiger partial charge in [-0.3, -0.25) is 0 Å². The average Bonchev–Trinajstić information content (AvgIpc) is 3.08. The highest BCUT2D eigenvalue weighted by Gasteiger charge is 2.34. The van der Waals surface area contributed by atoms with Crippen LogP contribution in [0.25, 0.3) is 0 Å². The summed E-state index contributed by atoms with van der Waals surface area (Å²) in [5.41, 5.74) is 2.31. The fourth-order valence-corrected chi connectivity index (χ4v) is 3.24. The number of unbranched alkanes of at least 4 members (excludes halogenated alkanes) is 1. The zero-order chi connectivity index (χ0) is 17.8. The molecule has 1 aliphatic heterocycles. The van der Waals surface area contributed by atoms with Crippen LogP contribution in [0.1, 0.15) is 38.3 Å². The molecule has 0 saturated carbocycles. The van der Waals surface area contributed by atoms with E-state index < -0.39 is 0 Å². The van der Waals surface area contributed by atoms with Crippen molar-refractivity contribution in [1.29, 1.82) is 0 Å². The van der Waals surface area contributed by atoms with E-state index in [9.17, 15) is 4.79 Å². The van der Waals surface area contributed by atoms with Crippen LogP contribution in [-0.4, -0.2) is 33.6 Å². The normalized spacial score (nSPS) is 16.4. The first-order chi connectivity index (χ1) is 12.2. The van der Waals surface area contributed by atoms with Gasteiger partial charge in [-0.1, -0.05) is 25.5 Å². The van der Waals surface area contributed by atoms with Gasteiger partial charge >= 0.3 is 5.97 Å². The number of allylic oxidation sites excluding steroid dienone is 1. The standard InChI is InChI=1S/C18H22N4O2S/c1-4-5-10-24-17(23)15-12(2)21-18-19-11-20-22(18)16(15)13-6-8-14(25-3)9-7-13/h6-9,11,16H,4-5,10H2,1-3H3,(H,19,20,21). The van der Waals surface area contributed by atoms with Gasteiger partial charge in [0.15, 0.2) is 0 Å². The first kappa shape index (κ1) is 17.5. The van der Waals surface area contributed by atoms with Crippen LogP contribution in [0.5, 0.6) is 0 Å². The zero-order valence-electron chi connectivity index (χ0n) is 14.7. The van der Waals surface area contributed by atoms with Crippen LogP contribution >= 0.6 is 11.8 Å². The highest BCUT2D eigenvalue weighted by Crippen LogP contribution is 2.35. The van der Waals surface area contributed by atoms with Crippen LogP contribution in [0.2, 0.25) is 0 Å². The minimum absolute atomic E-state index is 0.307. The predicted octanol–water partition coefficient (Wildman–Crippen LogP) is 3.63. The van der Waals surface area contributed by atoms with Crippen LogP contribution in [0.15, 0.2) is 46.8 Å². The molecule has 0 radical (unpaired) electrons. The van der Waals surface area contributed by atoms with E-state index in [1.165, 1.54) is 11.2 Å². The summed E-state index contributed by atoms with van der Waals surface area (Å²) in [5, 5.41) is 7.46. The molecule has 1 aromatic heterocycles. The minimum Gasteiger partial charge on any atom is -0.462 e. The average molecular weight is 358 g/mol. The largest absolute Gasteiger partial charge is 0.462 e. The second kappa shape index (κ2) is 7.74. The number of fused-ring (bicyclic) bond motifs is 1. The molecule has 2 aromatic rings. The van der Waals surface area contributed by atoms with E-state index >= 15 is 0 Å². The van der Waals surface area contributed by atoms with E-state index in [-0.39, 0.29) is 12.0 Å². The number of carbonyl (C=O) groups excluding carboxylic acids is 1. The smallest absolute Gasteiger partial charge is 0.338 e. The number of nitrogens with zero attached hydrogens (tertiary/aromatic N) is 3.